The third-order valence-corrected chi connectivity index (χ3v) is 15.1. The van der Waals surface area contributed by atoms with Gasteiger partial charge in [0.15, 0.2) is 0 Å². The molecule has 0 bridgehead atoms. The molecule has 3 aromatic carbocycles. The topological polar surface area (TPSA) is 132 Å². The second-order valence-corrected chi connectivity index (χ2v) is 19.3. The molecule has 10 nitrogen and oxygen atoms in total. The molecule has 2 fully saturated rings. The molecule has 8 atom stereocenters. The number of nitrogens with zero attached hydrogens (tertiary/aromatic N) is 1. The molecule has 2 saturated heterocycles. The van der Waals surface area contributed by atoms with Gasteiger partial charge in [-0.2, -0.15) is 0 Å². The van der Waals surface area contributed by atoms with Crippen molar-refractivity contribution in [3.8, 4) is 0 Å². The number of rotatable bonds is 12. The molecule has 12 heteroatoms. The number of hydrogen-bond acceptors (Lipinski definition) is 7. The van der Waals surface area contributed by atoms with Gasteiger partial charge < -0.3 is 31.5 Å². The summed E-state index contributed by atoms with van der Waals surface area (Å²) in [5.74, 6) is 0.153. The van der Waals surface area contributed by atoms with Crippen molar-refractivity contribution in [2.45, 2.75) is 115 Å². The number of thiocarbonyl (C=S) groups is 1. The van der Waals surface area contributed by atoms with E-state index in [1.165, 1.54) is 16.7 Å². The molecule has 2 heterocycles. The van der Waals surface area contributed by atoms with Crippen LogP contribution in [0.15, 0.2) is 72.8 Å². The smallest absolute Gasteiger partial charge is 0.246 e. The Morgan fingerprint density at radius 3 is 2.03 bits per heavy atom. The van der Waals surface area contributed by atoms with Gasteiger partial charge in [0.2, 0.25) is 23.6 Å². The van der Waals surface area contributed by atoms with E-state index in [9.17, 15) is 19.2 Å². The van der Waals surface area contributed by atoms with Crippen molar-refractivity contribution >= 4 is 52.6 Å². The van der Waals surface area contributed by atoms with Gasteiger partial charge in [-0.05, 0) is 103 Å². The summed E-state index contributed by atoms with van der Waals surface area (Å²) in [5.41, 5.74) is 6.44. The zero-order chi connectivity index (χ0) is 41.8. The molecule has 5 N–H and O–H groups in total. The van der Waals surface area contributed by atoms with Crippen LogP contribution in [0.2, 0.25) is 0 Å². The van der Waals surface area contributed by atoms with Crippen LogP contribution >= 0.6 is 24.0 Å². The Bertz CT molecular complexity index is 2040. The monoisotopic (exact) mass is 836 g/mol. The molecule has 7 rings (SSSR count). The number of amides is 4. The largest absolute Gasteiger partial charge is 0.367 e. The van der Waals surface area contributed by atoms with Crippen LogP contribution < -0.4 is 26.6 Å². The second kappa shape index (κ2) is 18.6. The quantitative estimate of drug-likeness (QED) is 0.146. The first-order chi connectivity index (χ1) is 28.4. The minimum absolute atomic E-state index is 0.0414. The summed E-state index contributed by atoms with van der Waals surface area (Å²) < 4.78 is 0. The number of carbonyl (C=O) groups excluding carboxylic acids is 4. The zero-order valence-corrected chi connectivity index (χ0v) is 36.6. The van der Waals surface area contributed by atoms with Crippen molar-refractivity contribution in [3.63, 3.8) is 0 Å². The van der Waals surface area contributed by atoms with Crippen molar-refractivity contribution in [1.29, 1.82) is 0 Å². The van der Waals surface area contributed by atoms with Crippen molar-refractivity contribution in [1.82, 2.24) is 31.5 Å². The van der Waals surface area contributed by atoms with Gasteiger partial charge >= 0.3 is 0 Å². The number of thioether (sulfide) groups is 1. The summed E-state index contributed by atoms with van der Waals surface area (Å²) in [6, 6.07) is 23.4. The van der Waals surface area contributed by atoms with Crippen LogP contribution in [0.4, 0.5) is 0 Å². The number of carbonyl (C=O) groups is 4. The van der Waals surface area contributed by atoms with E-state index in [1.54, 1.807) is 11.8 Å². The van der Waals surface area contributed by atoms with Crippen molar-refractivity contribution in [3.05, 3.63) is 106 Å². The van der Waals surface area contributed by atoms with E-state index in [0.29, 0.717) is 43.9 Å². The Hall–Kier alpha value is -4.26. The van der Waals surface area contributed by atoms with E-state index < -0.39 is 17.5 Å². The van der Waals surface area contributed by atoms with Crippen LogP contribution in [-0.2, 0) is 45.1 Å². The van der Waals surface area contributed by atoms with Crippen LogP contribution in [0.25, 0.3) is 0 Å². The fourth-order valence-corrected chi connectivity index (χ4v) is 11.6. The Balaban J connectivity index is 0.968. The normalized spacial score (nSPS) is 26.3. The molecule has 4 aliphatic rings. The first kappa shape index (κ1) is 42.8. The molecule has 2 aliphatic heterocycles. The molecule has 0 spiro atoms. The number of fused-ring (bicyclic) bond motifs is 3. The minimum Gasteiger partial charge on any atom is -0.367 e. The highest BCUT2D eigenvalue weighted by Gasteiger charge is 2.54. The van der Waals surface area contributed by atoms with Crippen LogP contribution in [-0.4, -0.2) is 76.4 Å². The van der Waals surface area contributed by atoms with Crippen molar-refractivity contribution < 1.29 is 19.2 Å². The van der Waals surface area contributed by atoms with Gasteiger partial charge in [0, 0.05) is 37.4 Å². The van der Waals surface area contributed by atoms with Crippen LogP contribution in [0.1, 0.15) is 98.6 Å². The molecule has 314 valence electrons. The Morgan fingerprint density at radius 2 is 1.39 bits per heavy atom. The van der Waals surface area contributed by atoms with E-state index in [2.05, 4.69) is 83.8 Å². The molecule has 2 aliphatic carbocycles. The Morgan fingerprint density at radius 1 is 0.814 bits per heavy atom. The van der Waals surface area contributed by atoms with Crippen molar-refractivity contribution in [2.24, 2.45) is 17.3 Å². The predicted molar refractivity (Wildman–Crippen MR) is 239 cm³/mol. The first-order valence-corrected chi connectivity index (χ1v) is 22.8. The maximum absolute atomic E-state index is 14.4. The summed E-state index contributed by atoms with van der Waals surface area (Å²) >= 11 is 7.34. The van der Waals surface area contributed by atoms with E-state index >= 15 is 0 Å². The third kappa shape index (κ3) is 9.40. The highest BCUT2D eigenvalue weighted by molar-refractivity contribution is 7.99. The number of benzene rings is 3. The van der Waals surface area contributed by atoms with Gasteiger partial charge in [0.25, 0.3) is 0 Å². The van der Waals surface area contributed by atoms with Gasteiger partial charge in [-0.3, -0.25) is 19.2 Å². The molecule has 0 saturated carbocycles. The summed E-state index contributed by atoms with van der Waals surface area (Å²) in [6.45, 7) is 9.37. The number of aryl methyl sites for hydroxylation is 2. The maximum Gasteiger partial charge on any atom is 0.246 e. The fourth-order valence-electron chi connectivity index (χ4n) is 9.76. The Labute approximate surface area is 359 Å². The summed E-state index contributed by atoms with van der Waals surface area (Å²) in [7, 11) is 1.84. The van der Waals surface area contributed by atoms with Gasteiger partial charge in [0.05, 0.1) is 16.4 Å². The second-order valence-electron chi connectivity index (χ2n) is 17.6. The minimum atomic E-state index is -0.652. The fraction of sp³-hybridized carbons (Fsp3) is 0.511. The molecule has 3 aromatic rings. The van der Waals surface area contributed by atoms with E-state index in [0.717, 1.165) is 41.7 Å². The van der Waals surface area contributed by atoms with Crippen LogP contribution in [0.3, 0.4) is 0 Å². The highest BCUT2D eigenvalue weighted by Crippen LogP contribution is 2.46. The standard InChI is InChI=1S/C47H60N6O4S2/c1-28-34-12-8-6-10-32(34)18-20-35(28)42(54)49-25-30-14-16-31(17-15-30)26-50-43(55)37-21-19-33-11-7-9-13-36(33)38(37)27-51-44(56)41-47(3,4)24-40-53(41)46(57)39(22-23-59-40)52-45(58)29(2)48-5/h6-17,28-29,35,37-41,48H,18-27H2,1-5H3,(H,49,54)(H,50,55)(H,51,56)(H,52,58)/t28-,29-,35+,37+,38+,39-,40?,41+/m0/s1. The average Bonchev–Trinajstić information content (AvgIpc) is 3.44. The Kier molecular flexibility index (Phi) is 13.5. The first-order valence-electron chi connectivity index (χ1n) is 21.3. The van der Waals surface area contributed by atoms with Gasteiger partial charge in [-0.25, -0.2) is 0 Å². The van der Waals surface area contributed by atoms with Gasteiger partial charge in [-0.15, -0.1) is 11.8 Å². The van der Waals surface area contributed by atoms with Crippen molar-refractivity contribution in [2.75, 3.05) is 19.3 Å². The molecule has 59 heavy (non-hydrogen) atoms. The lowest BCUT2D eigenvalue weighted by atomic mass is 9.74. The summed E-state index contributed by atoms with van der Waals surface area (Å²) in [4.78, 5) is 58.2. The summed E-state index contributed by atoms with van der Waals surface area (Å²) in [6.07, 6.45) is 4.58. The number of hydrogen-bond donors (Lipinski definition) is 5. The van der Waals surface area contributed by atoms with Gasteiger partial charge in [0.1, 0.15) is 12.1 Å². The molecule has 4 amide bonds. The lowest BCUT2D eigenvalue weighted by Crippen LogP contribution is -2.58. The van der Waals surface area contributed by atoms with Crippen LogP contribution in [0.5, 0.6) is 0 Å². The van der Waals surface area contributed by atoms with E-state index in [4.69, 9.17) is 12.2 Å². The average molecular weight is 837 g/mol. The lowest BCUT2D eigenvalue weighted by molar-refractivity contribution is -0.142. The van der Waals surface area contributed by atoms with E-state index in [-0.39, 0.29) is 58.7 Å². The lowest BCUT2D eigenvalue weighted by Gasteiger charge is -2.36. The summed E-state index contributed by atoms with van der Waals surface area (Å²) in [5, 5.41) is 15.9. The highest BCUT2D eigenvalue weighted by atomic mass is 32.2. The third-order valence-electron chi connectivity index (χ3n) is 13.4. The molecule has 0 radical (unpaired) electrons. The molecular weight excluding hydrogens is 777 g/mol. The van der Waals surface area contributed by atoms with Crippen LogP contribution in [0, 0.1) is 17.3 Å². The maximum atomic E-state index is 14.4. The zero-order valence-electron chi connectivity index (χ0n) is 35.0. The molecule has 1 unspecified atom stereocenters. The SMILES string of the molecule is CN[C@@H](C)C(=S)N[C@H]1CCSC2CC(C)(C)[C@@H](C(=O)NC[C@@H]3c4ccccc4CC[C@H]3C(=O)NCc3ccc(CNC(=O)[C@@H]4CCc5ccccc5[C@@H]4C)cc3)N2C1=O. The predicted octanol–water partition coefficient (Wildman–Crippen LogP) is 5.73. The number of nitrogens with one attached hydrogen (secondary N) is 5. The molecule has 0 aromatic heterocycles. The van der Waals surface area contributed by atoms with E-state index in [1.807, 2.05) is 55.3 Å². The number of likely N-dealkylation sites (N-methyl/N-ethyl adjacent to an activating group) is 1. The van der Waals surface area contributed by atoms with Gasteiger partial charge in [-0.1, -0.05) is 106 Å². The molecular formula is C47H60N6O4S2.